The Morgan fingerprint density at radius 1 is 0.651 bits per heavy atom. The topological polar surface area (TPSA) is 191 Å². The molecule has 0 heterocycles. The minimum absolute atomic E-state index is 0. The van der Waals surface area contributed by atoms with Gasteiger partial charge in [0.2, 0.25) is 0 Å². The van der Waals surface area contributed by atoms with Crippen molar-refractivity contribution in [1.29, 1.82) is 0 Å². The number of benzene rings is 2. The second-order valence-corrected chi connectivity index (χ2v) is 16.8. The predicted molar refractivity (Wildman–Crippen MR) is 244 cm³/mol. The molecule has 3 aliphatic carbocycles. The summed E-state index contributed by atoms with van der Waals surface area (Å²) in [6.45, 7) is 5.73. The molecule has 3 fully saturated rings. The molecule has 6 N–H and O–H groups in total. The molecule has 0 spiro atoms. The third kappa shape index (κ3) is 33.3. The van der Waals surface area contributed by atoms with E-state index in [2.05, 4.69) is 5.84 Å². The molecule has 5 rings (SSSR count). The van der Waals surface area contributed by atoms with Crippen molar-refractivity contribution in [3.8, 4) is 0 Å². The summed E-state index contributed by atoms with van der Waals surface area (Å²) in [5, 5.41) is 32.3. The molecule has 0 saturated heterocycles. The number of rotatable bonds is 13. The number of alkyl halides is 4. The van der Waals surface area contributed by atoms with Crippen molar-refractivity contribution in [3.63, 3.8) is 0 Å². The first-order valence-electron chi connectivity index (χ1n) is 21.4. The summed E-state index contributed by atoms with van der Waals surface area (Å²) >= 11 is 9.53. The van der Waals surface area contributed by atoms with E-state index < -0.39 is 18.3 Å². The van der Waals surface area contributed by atoms with E-state index >= 15 is 0 Å². The smallest absolute Gasteiger partial charge is 0.488 e. The molecule has 2 aromatic rings. The SMILES string of the molecule is C.CC(F)CC1CCC(C(=O)O)CC1.CC(F)CC1CCC(C(=O)OCc2ccccc2)CC1.CC(O)CC1CCC(C(=O)OCc2ccccc2)CC1.CO.ClCCl.N[N-]O.[Na+]. The van der Waals surface area contributed by atoms with Gasteiger partial charge in [-0.25, -0.2) is 8.78 Å². The first-order valence-corrected chi connectivity index (χ1v) is 22.5. The fourth-order valence-electron chi connectivity index (χ4n) is 8.01. The van der Waals surface area contributed by atoms with E-state index in [0.29, 0.717) is 43.8 Å². The third-order valence-corrected chi connectivity index (χ3v) is 11.0. The van der Waals surface area contributed by atoms with Crippen molar-refractivity contribution in [2.75, 3.05) is 12.4 Å². The number of carbonyl (C=O) groups excluding carboxylic acids is 2. The van der Waals surface area contributed by atoms with Crippen LogP contribution in [0.1, 0.15) is 136 Å². The maximum Gasteiger partial charge on any atom is 1.00 e. The van der Waals surface area contributed by atoms with Crippen LogP contribution in [0.25, 0.3) is 5.59 Å². The molecule has 16 heteroatoms. The van der Waals surface area contributed by atoms with E-state index in [1.54, 1.807) is 13.8 Å². The summed E-state index contributed by atoms with van der Waals surface area (Å²) in [5.74, 6) is 4.47. The number of halogens is 4. The van der Waals surface area contributed by atoms with Crippen LogP contribution >= 0.6 is 23.2 Å². The number of carbonyl (C=O) groups is 3. The summed E-state index contributed by atoms with van der Waals surface area (Å²) in [6, 6.07) is 19.5. The fourth-order valence-corrected chi connectivity index (χ4v) is 8.01. The number of nitrogens with zero attached hydrogens (tertiary/aromatic N) is 1. The second kappa shape index (κ2) is 41.5. The Morgan fingerprint density at radius 2 is 0.921 bits per heavy atom. The summed E-state index contributed by atoms with van der Waals surface area (Å²) in [5.41, 5.74) is 4.05. The number of nitrogens with two attached hydrogens (primary N) is 1. The van der Waals surface area contributed by atoms with Crippen LogP contribution in [0.4, 0.5) is 8.78 Å². The molecule has 0 amide bonds. The van der Waals surface area contributed by atoms with Gasteiger partial charge >= 0.3 is 47.5 Å². The molecule has 0 bridgehead atoms. The molecule has 3 saturated carbocycles. The Kier molecular flexibility index (Phi) is 43.1. The van der Waals surface area contributed by atoms with Crippen LogP contribution in [-0.4, -0.2) is 69.3 Å². The number of hydrogen-bond donors (Lipinski definition) is 5. The quantitative estimate of drug-likeness (QED) is 0.0428. The van der Waals surface area contributed by atoms with E-state index in [9.17, 15) is 28.3 Å². The molecule has 63 heavy (non-hydrogen) atoms. The summed E-state index contributed by atoms with van der Waals surface area (Å²) in [4.78, 5) is 34.6. The molecule has 0 radical (unpaired) electrons. The Bertz CT molecular complexity index is 1280. The molecule has 0 aromatic heterocycles. The maximum absolute atomic E-state index is 13.0. The van der Waals surface area contributed by atoms with Gasteiger partial charge in [-0.15, -0.1) is 23.2 Å². The molecule has 3 atom stereocenters. The van der Waals surface area contributed by atoms with Crippen molar-refractivity contribution >= 4 is 41.1 Å². The Morgan fingerprint density at radius 3 is 1.17 bits per heavy atom. The Balaban J connectivity index is -0.000000792. The molecular formula is C47H77Cl2F2N2NaO9. The van der Waals surface area contributed by atoms with Gasteiger partial charge in [0.25, 0.3) is 0 Å². The molecule has 358 valence electrons. The molecular weight excluding hydrogens is 868 g/mol. The van der Waals surface area contributed by atoms with Gasteiger partial charge in [0.05, 0.1) is 41.5 Å². The zero-order chi connectivity index (χ0) is 46.0. The Labute approximate surface area is 408 Å². The van der Waals surface area contributed by atoms with Gasteiger partial charge in [0.1, 0.15) is 13.2 Å². The van der Waals surface area contributed by atoms with Crippen molar-refractivity contribution in [3.05, 3.63) is 77.4 Å². The first kappa shape index (κ1) is 65.4. The van der Waals surface area contributed by atoms with Crippen molar-refractivity contribution in [1.82, 2.24) is 0 Å². The Hall–Kier alpha value is -1.91. The number of carboxylic acid groups (broad SMARTS) is 1. The zero-order valence-electron chi connectivity index (χ0n) is 37.6. The van der Waals surface area contributed by atoms with E-state index in [-0.39, 0.29) is 78.1 Å². The van der Waals surface area contributed by atoms with Crippen LogP contribution in [0.2, 0.25) is 0 Å². The van der Waals surface area contributed by atoms with E-state index in [4.69, 9.17) is 48.1 Å². The number of aliphatic hydroxyl groups is 2. The van der Waals surface area contributed by atoms with Gasteiger partial charge < -0.3 is 41.4 Å². The minimum atomic E-state index is -0.744. The van der Waals surface area contributed by atoms with Gasteiger partial charge in [-0.1, -0.05) is 68.1 Å². The van der Waals surface area contributed by atoms with Gasteiger partial charge in [-0.05, 0) is 146 Å². The predicted octanol–water partition coefficient (Wildman–Crippen LogP) is 8.51. The number of carboxylic acids is 1. The average molecular weight is 946 g/mol. The summed E-state index contributed by atoms with van der Waals surface area (Å²) < 4.78 is 36.4. The van der Waals surface area contributed by atoms with Crippen LogP contribution in [0.5, 0.6) is 0 Å². The number of ether oxygens (including phenoxy) is 2. The number of esters is 2. The molecule has 3 unspecified atom stereocenters. The summed E-state index contributed by atoms with van der Waals surface area (Å²) in [6.07, 6.45) is 11.0. The van der Waals surface area contributed by atoms with E-state index in [0.717, 1.165) is 102 Å². The average Bonchev–Trinajstić information content (AvgIpc) is 3.24. The largest absolute Gasteiger partial charge is 1.00 e. The maximum atomic E-state index is 13.0. The van der Waals surface area contributed by atoms with Crippen LogP contribution in [0.3, 0.4) is 0 Å². The van der Waals surface area contributed by atoms with E-state index in [1.807, 2.05) is 73.2 Å². The van der Waals surface area contributed by atoms with Gasteiger partial charge in [0.15, 0.2) is 0 Å². The standard InChI is InChI=1S/C17H23FO2.C17H24O3.C10H17FO2.CH2Cl2.CH4O.CH4.H3N2O.Na/c2*1-13(18)11-14-7-9-16(10-8-14)17(19)20-12-15-5-3-2-4-6-15;1-7(11)6-8-2-4-9(5-3-8)10(12)13;2-1-3;1-2;;1-2-3;/h2-6,13-14,16H,7-12H2,1H3;2-6,13-14,16,18H,7-12H2,1H3;7-9H,2-6H2,1H3,(H,12,13);1H2;2H,1H3;1H4;3H,1H2;/q;;;;;;-1;+1. The van der Waals surface area contributed by atoms with E-state index in [1.165, 1.54) is 0 Å². The van der Waals surface area contributed by atoms with Crippen LogP contribution < -0.4 is 35.4 Å². The normalized spacial score (nSPS) is 22.4. The van der Waals surface area contributed by atoms with Crippen LogP contribution in [0, 0.1) is 35.5 Å². The first-order chi connectivity index (χ1) is 29.2. The fraction of sp³-hybridized carbons (Fsp3) is 0.681. The third-order valence-electron chi connectivity index (χ3n) is 11.0. The van der Waals surface area contributed by atoms with Gasteiger partial charge in [0, 0.05) is 7.11 Å². The number of aliphatic hydroxyl groups excluding tert-OH is 2. The minimum Gasteiger partial charge on any atom is -0.488 e. The number of hydrogen-bond acceptors (Lipinski definition) is 9. The van der Waals surface area contributed by atoms with Crippen LogP contribution in [-0.2, 0) is 37.1 Å². The molecule has 0 aliphatic heterocycles. The van der Waals surface area contributed by atoms with Gasteiger partial charge in [-0.3, -0.25) is 14.4 Å². The molecule has 3 aliphatic rings. The van der Waals surface area contributed by atoms with Crippen molar-refractivity contribution in [2.45, 2.75) is 156 Å². The van der Waals surface area contributed by atoms with Crippen LogP contribution in [0.15, 0.2) is 60.7 Å². The zero-order valence-corrected chi connectivity index (χ0v) is 41.1. The van der Waals surface area contributed by atoms with Gasteiger partial charge in [-0.2, -0.15) is 0 Å². The van der Waals surface area contributed by atoms with Crippen molar-refractivity contribution < 1.29 is 82.7 Å². The summed E-state index contributed by atoms with van der Waals surface area (Å²) in [7, 11) is 1.00. The van der Waals surface area contributed by atoms with Crippen molar-refractivity contribution in [2.24, 2.45) is 41.4 Å². The second-order valence-electron chi connectivity index (χ2n) is 16.0. The molecule has 11 nitrogen and oxygen atoms in total. The monoisotopic (exact) mass is 944 g/mol. The molecule has 2 aromatic carbocycles. The number of aliphatic carboxylic acids is 1.